The van der Waals surface area contributed by atoms with Crippen molar-refractivity contribution < 1.29 is 4.79 Å². The van der Waals surface area contributed by atoms with E-state index in [1.54, 1.807) is 17.5 Å². The number of carbonyl (C=O) groups is 1. The van der Waals surface area contributed by atoms with Crippen LogP contribution in [0.1, 0.15) is 62.9 Å². The van der Waals surface area contributed by atoms with E-state index in [9.17, 15) is 4.79 Å². The lowest BCUT2D eigenvalue weighted by atomic mass is 9.98. The largest absolute Gasteiger partial charge is 0.336 e. The van der Waals surface area contributed by atoms with Gasteiger partial charge in [0.25, 0.3) is 5.91 Å². The first kappa shape index (κ1) is 18.2. The quantitative estimate of drug-likeness (QED) is 0.627. The molecule has 1 aliphatic rings. The fourth-order valence-electron chi connectivity index (χ4n) is 3.97. The van der Waals surface area contributed by atoms with Gasteiger partial charge < -0.3 is 4.90 Å². The minimum Gasteiger partial charge on any atom is -0.336 e. The number of carbonyl (C=O) groups excluding carboxylic acids is 1. The molecule has 142 valence electrons. The summed E-state index contributed by atoms with van der Waals surface area (Å²) in [7, 11) is 0. The Labute approximate surface area is 164 Å². The molecule has 5 nitrogen and oxygen atoms in total. The molecule has 4 heterocycles. The Morgan fingerprint density at radius 3 is 2.93 bits per heavy atom. The molecule has 0 saturated carbocycles. The molecule has 1 unspecified atom stereocenters. The second kappa shape index (κ2) is 7.43. The highest BCUT2D eigenvalue weighted by Gasteiger charge is 2.28. The molecular weight excluding hydrogens is 356 g/mol. The van der Waals surface area contributed by atoms with Crippen molar-refractivity contribution in [3.8, 4) is 10.6 Å². The summed E-state index contributed by atoms with van der Waals surface area (Å²) in [6, 6.07) is 6.56. The summed E-state index contributed by atoms with van der Waals surface area (Å²) in [6.45, 7) is 7.19. The summed E-state index contributed by atoms with van der Waals surface area (Å²) >= 11 is 1.65. The highest BCUT2D eigenvalue weighted by Crippen LogP contribution is 2.31. The molecule has 1 fully saturated rings. The van der Waals surface area contributed by atoms with Crippen LogP contribution in [0.3, 0.4) is 0 Å². The molecule has 0 aromatic carbocycles. The Morgan fingerprint density at radius 2 is 2.22 bits per heavy atom. The van der Waals surface area contributed by atoms with Gasteiger partial charge in [-0.25, -0.2) is 9.67 Å². The second-order valence-electron chi connectivity index (χ2n) is 7.51. The molecule has 0 aliphatic carbocycles. The second-order valence-corrected chi connectivity index (χ2v) is 8.46. The molecule has 3 aromatic rings. The van der Waals surface area contributed by atoms with Crippen molar-refractivity contribution in [1.29, 1.82) is 0 Å². The summed E-state index contributed by atoms with van der Waals surface area (Å²) in [5.41, 5.74) is 2.38. The first-order valence-electron chi connectivity index (χ1n) is 9.83. The number of likely N-dealkylation sites (tertiary alicyclic amines) is 1. The van der Waals surface area contributed by atoms with Crippen molar-refractivity contribution in [3.63, 3.8) is 0 Å². The van der Waals surface area contributed by atoms with Gasteiger partial charge in [0.1, 0.15) is 0 Å². The highest BCUT2D eigenvalue weighted by molar-refractivity contribution is 7.13. The van der Waals surface area contributed by atoms with Gasteiger partial charge in [0.2, 0.25) is 0 Å². The summed E-state index contributed by atoms with van der Waals surface area (Å²) < 4.78 is 1.91. The van der Waals surface area contributed by atoms with E-state index >= 15 is 0 Å². The van der Waals surface area contributed by atoms with Gasteiger partial charge in [-0.15, -0.1) is 11.3 Å². The lowest BCUT2D eigenvalue weighted by Crippen LogP contribution is -2.43. The van der Waals surface area contributed by atoms with Crippen LogP contribution in [0.5, 0.6) is 0 Å². The van der Waals surface area contributed by atoms with Crippen LogP contribution in [0.2, 0.25) is 0 Å². The number of fused-ring (bicyclic) bond motifs is 1. The van der Waals surface area contributed by atoms with Gasteiger partial charge in [-0.3, -0.25) is 4.79 Å². The van der Waals surface area contributed by atoms with Crippen LogP contribution in [0, 0.1) is 0 Å². The molecule has 0 spiro atoms. The number of piperidine rings is 1. The standard InChI is InChI=1S/C21H26N4OS/c1-4-15-8-5-6-10-24(15)21(26)16-12-18(19-9-7-11-27-19)23-20-17(16)13-22-25(20)14(2)3/h7,9,11-15H,4-6,8,10H2,1-3H3. The third kappa shape index (κ3) is 3.27. The normalized spacial score (nSPS) is 17.8. The first-order valence-corrected chi connectivity index (χ1v) is 10.7. The number of thiophene rings is 1. The Balaban J connectivity index is 1.87. The van der Waals surface area contributed by atoms with Crippen LogP contribution >= 0.6 is 11.3 Å². The van der Waals surface area contributed by atoms with Crippen LogP contribution in [-0.4, -0.2) is 38.2 Å². The van der Waals surface area contributed by atoms with Crippen LogP contribution < -0.4 is 0 Å². The smallest absolute Gasteiger partial charge is 0.254 e. The van der Waals surface area contributed by atoms with Gasteiger partial charge in [0, 0.05) is 18.6 Å². The Kier molecular flexibility index (Phi) is 5.00. The molecule has 1 aliphatic heterocycles. The molecule has 27 heavy (non-hydrogen) atoms. The monoisotopic (exact) mass is 382 g/mol. The molecule has 1 amide bonds. The van der Waals surface area contributed by atoms with Crippen LogP contribution in [0.4, 0.5) is 0 Å². The maximum atomic E-state index is 13.5. The lowest BCUT2D eigenvalue weighted by molar-refractivity contribution is 0.0610. The maximum absolute atomic E-state index is 13.5. The van der Waals surface area contributed by atoms with E-state index in [1.807, 2.05) is 22.2 Å². The van der Waals surface area contributed by atoms with Gasteiger partial charge in [0.05, 0.1) is 27.7 Å². The zero-order chi connectivity index (χ0) is 19.0. The molecule has 3 aromatic heterocycles. The molecule has 6 heteroatoms. The van der Waals surface area contributed by atoms with Gasteiger partial charge in [-0.05, 0) is 57.0 Å². The topological polar surface area (TPSA) is 51.0 Å². The van der Waals surface area contributed by atoms with Crippen molar-refractivity contribution in [1.82, 2.24) is 19.7 Å². The zero-order valence-corrected chi connectivity index (χ0v) is 17.0. The van der Waals surface area contributed by atoms with Crippen molar-refractivity contribution in [3.05, 3.63) is 35.3 Å². The molecule has 4 rings (SSSR count). The van der Waals surface area contributed by atoms with Crippen molar-refractivity contribution >= 4 is 28.3 Å². The molecular formula is C21H26N4OS. The van der Waals surface area contributed by atoms with Gasteiger partial charge in [0.15, 0.2) is 5.65 Å². The third-order valence-electron chi connectivity index (χ3n) is 5.42. The number of hydrogen-bond donors (Lipinski definition) is 0. The first-order chi connectivity index (χ1) is 13.1. The van der Waals surface area contributed by atoms with E-state index < -0.39 is 0 Å². The van der Waals surface area contributed by atoms with Crippen molar-refractivity contribution in [2.75, 3.05) is 6.54 Å². The van der Waals surface area contributed by atoms with E-state index in [1.165, 1.54) is 6.42 Å². The number of nitrogens with zero attached hydrogens (tertiary/aromatic N) is 4. The summed E-state index contributed by atoms with van der Waals surface area (Å²) in [4.78, 5) is 21.6. The molecule has 0 bridgehead atoms. The van der Waals surface area contributed by atoms with E-state index in [-0.39, 0.29) is 11.9 Å². The zero-order valence-electron chi connectivity index (χ0n) is 16.2. The minimum atomic E-state index is 0.120. The Morgan fingerprint density at radius 1 is 1.37 bits per heavy atom. The minimum absolute atomic E-state index is 0.120. The van der Waals surface area contributed by atoms with Gasteiger partial charge in [-0.2, -0.15) is 5.10 Å². The number of hydrogen-bond acceptors (Lipinski definition) is 4. The number of rotatable bonds is 4. The van der Waals surface area contributed by atoms with E-state index in [4.69, 9.17) is 4.98 Å². The van der Waals surface area contributed by atoms with Crippen LogP contribution in [0.15, 0.2) is 29.8 Å². The Hall–Kier alpha value is -2.21. The predicted molar refractivity (Wildman–Crippen MR) is 110 cm³/mol. The predicted octanol–water partition coefficient (Wildman–Crippen LogP) is 5.15. The van der Waals surface area contributed by atoms with Gasteiger partial charge >= 0.3 is 0 Å². The average molecular weight is 383 g/mol. The third-order valence-corrected chi connectivity index (χ3v) is 6.31. The number of amides is 1. The number of pyridine rings is 1. The van der Waals surface area contributed by atoms with Crippen LogP contribution in [0.25, 0.3) is 21.6 Å². The Bertz CT molecular complexity index is 945. The SMILES string of the molecule is CCC1CCCCN1C(=O)c1cc(-c2cccs2)nc2c1cnn2C(C)C. The highest BCUT2D eigenvalue weighted by atomic mass is 32.1. The summed E-state index contributed by atoms with van der Waals surface area (Å²) in [5, 5.41) is 7.43. The van der Waals surface area contributed by atoms with E-state index in [0.717, 1.165) is 53.0 Å². The lowest BCUT2D eigenvalue weighted by Gasteiger charge is -2.35. The van der Waals surface area contributed by atoms with Crippen LogP contribution in [-0.2, 0) is 0 Å². The molecule has 1 atom stereocenters. The fraction of sp³-hybridized carbons (Fsp3) is 0.476. The average Bonchev–Trinajstić information content (AvgIpc) is 3.36. The van der Waals surface area contributed by atoms with Crippen molar-refractivity contribution in [2.45, 2.75) is 58.5 Å². The maximum Gasteiger partial charge on any atom is 0.254 e. The van der Waals surface area contributed by atoms with Gasteiger partial charge in [-0.1, -0.05) is 13.0 Å². The summed E-state index contributed by atoms with van der Waals surface area (Å²) in [6.07, 6.45) is 6.19. The van der Waals surface area contributed by atoms with E-state index in [0.29, 0.717) is 6.04 Å². The fourth-order valence-corrected chi connectivity index (χ4v) is 4.66. The molecule has 1 saturated heterocycles. The summed E-state index contributed by atoms with van der Waals surface area (Å²) in [5.74, 6) is 0.120. The number of aromatic nitrogens is 3. The molecule has 0 radical (unpaired) electrons. The van der Waals surface area contributed by atoms with E-state index in [2.05, 4.69) is 36.8 Å². The molecule has 0 N–H and O–H groups in total. The van der Waals surface area contributed by atoms with Crippen molar-refractivity contribution in [2.24, 2.45) is 0 Å².